The van der Waals surface area contributed by atoms with E-state index in [0.717, 1.165) is 5.56 Å². The van der Waals surface area contributed by atoms with Crippen LogP contribution < -0.4 is 0 Å². The lowest BCUT2D eigenvalue weighted by Crippen LogP contribution is -2.44. The van der Waals surface area contributed by atoms with Gasteiger partial charge >= 0.3 is 0 Å². The lowest BCUT2D eigenvalue weighted by atomic mass is 9.71. The van der Waals surface area contributed by atoms with Crippen molar-refractivity contribution in [1.29, 1.82) is 0 Å². The molecular formula is C15H16O3. The minimum atomic E-state index is -0.0600. The van der Waals surface area contributed by atoms with Crippen LogP contribution in [0.3, 0.4) is 0 Å². The van der Waals surface area contributed by atoms with Crippen molar-refractivity contribution >= 4 is 11.6 Å². The Morgan fingerprint density at radius 1 is 1.06 bits per heavy atom. The number of carbonyl (C=O) groups excluding carboxylic acids is 2. The third kappa shape index (κ3) is 1.99. The van der Waals surface area contributed by atoms with Crippen molar-refractivity contribution < 1.29 is 14.3 Å². The zero-order chi connectivity index (χ0) is 12.5. The van der Waals surface area contributed by atoms with Gasteiger partial charge in [0.15, 0.2) is 5.78 Å². The molecule has 18 heavy (non-hydrogen) atoms. The zero-order valence-electron chi connectivity index (χ0n) is 10.2. The average molecular weight is 244 g/mol. The van der Waals surface area contributed by atoms with Gasteiger partial charge in [0.25, 0.3) is 0 Å². The van der Waals surface area contributed by atoms with Gasteiger partial charge in [-0.15, -0.1) is 0 Å². The molecule has 2 fully saturated rings. The van der Waals surface area contributed by atoms with Crippen LogP contribution in [0.5, 0.6) is 0 Å². The quantitative estimate of drug-likeness (QED) is 0.748. The number of benzene rings is 1. The molecule has 2 bridgehead atoms. The normalized spacial score (nSPS) is 31.1. The van der Waals surface area contributed by atoms with Crippen molar-refractivity contribution in [3.8, 4) is 0 Å². The first-order valence-electron chi connectivity index (χ1n) is 6.46. The van der Waals surface area contributed by atoms with Crippen LogP contribution in [0.1, 0.15) is 23.2 Å². The van der Waals surface area contributed by atoms with Crippen LogP contribution in [-0.2, 0) is 9.53 Å². The molecule has 2 aliphatic rings. The molecule has 3 nitrogen and oxygen atoms in total. The van der Waals surface area contributed by atoms with Gasteiger partial charge in [-0.05, 0) is 12.8 Å². The van der Waals surface area contributed by atoms with E-state index in [1.807, 2.05) is 30.3 Å². The molecule has 0 radical (unpaired) electrons. The number of carbonyl (C=O) groups is 2. The van der Waals surface area contributed by atoms with Crippen LogP contribution in [0, 0.1) is 17.8 Å². The van der Waals surface area contributed by atoms with Gasteiger partial charge in [-0.25, -0.2) is 0 Å². The molecule has 1 aliphatic heterocycles. The highest BCUT2D eigenvalue weighted by atomic mass is 16.5. The summed E-state index contributed by atoms with van der Waals surface area (Å²) in [4.78, 5) is 24.3. The van der Waals surface area contributed by atoms with E-state index >= 15 is 0 Å². The number of hydrogen-bond donors (Lipinski definition) is 0. The third-order valence-electron chi connectivity index (χ3n) is 4.01. The monoisotopic (exact) mass is 244 g/mol. The van der Waals surface area contributed by atoms with Gasteiger partial charge in [0.1, 0.15) is 5.78 Å². The SMILES string of the molecule is O=C(c1ccccc1)C1CC2COCC(C1)C2=O. The van der Waals surface area contributed by atoms with Crippen LogP contribution >= 0.6 is 0 Å². The minimum Gasteiger partial charge on any atom is -0.380 e. The third-order valence-corrected chi connectivity index (χ3v) is 4.01. The highest BCUT2D eigenvalue weighted by Gasteiger charge is 2.41. The van der Waals surface area contributed by atoms with E-state index < -0.39 is 0 Å². The largest absolute Gasteiger partial charge is 0.380 e. The number of rotatable bonds is 2. The first-order chi connectivity index (χ1) is 8.75. The summed E-state index contributed by atoms with van der Waals surface area (Å²) < 4.78 is 5.41. The van der Waals surface area contributed by atoms with Crippen LogP contribution in [0.4, 0.5) is 0 Å². The van der Waals surface area contributed by atoms with Gasteiger partial charge in [0.2, 0.25) is 0 Å². The summed E-state index contributed by atoms with van der Waals surface area (Å²) in [7, 11) is 0. The Bertz CT molecular complexity index is 450. The smallest absolute Gasteiger partial charge is 0.165 e. The van der Waals surface area contributed by atoms with E-state index in [1.54, 1.807) is 0 Å². The molecule has 0 N–H and O–H groups in total. The molecule has 1 aromatic carbocycles. The minimum absolute atomic E-state index is 0.0102. The summed E-state index contributed by atoms with van der Waals surface area (Å²) in [5.74, 6) is 0.354. The Balaban J connectivity index is 1.78. The van der Waals surface area contributed by atoms with E-state index in [0.29, 0.717) is 31.8 Å². The summed E-state index contributed by atoms with van der Waals surface area (Å²) in [5.41, 5.74) is 0.760. The Labute approximate surface area is 106 Å². The molecule has 1 saturated carbocycles. The second-order valence-corrected chi connectivity index (χ2v) is 5.23. The summed E-state index contributed by atoms with van der Waals surface area (Å²) in [6.45, 7) is 0.988. The second-order valence-electron chi connectivity index (χ2n) is 5.23. The fourth-order valence-electron chi connectivity index (χ4n) is 3.05. The van der Waals surface area contributed by atoms with Crippen LogP contribution in [0.15, 0.2) is 30.3 Å². The Morgan fingerprint density at radius 2 is 1.67 bits per heavy atom. The summed E-state index contributed by atoms with van der Waals surface area (Å²) in [6.07, 6.45) is 1.31. The zero-order valence-corrected chi connectivity index (χ0v) is 10.2. The Hall–Kier alpha value is -1.48. The molecule has 1 aromatic rings. The maximum absolute atomic E-state index is 12.4. The van der Waals surface area contributed by atoms with Crippen LogP contribution in [-0.4, -0.2) is 24.8 Å². The average Bonchev–Trinajstić information content (AvgIpc) is 2.38. The van der Waals surface area contributed by atoms with Gasteiger partial charge < -0.3 is 4.74 Å². The fraction of sp³-hybridized carbons (Fsp3) is 0.467. The first-order valence-corrected chi connectivity index (χ1v) is 6.46. The van der Waals surface area contributed by atoms with E-state index in [-0.39, 0.29) is 23.5 Å². The predicted molar refractivity (Wildman–Crippen MR) is 66.3 cm³/mol. The van der Waals surface area contributed by atoms with Crippen molar-refractivity contribution in [2.45, 2.75) is 12.8 Å². The molecule has 3 rings (SSSR count). The molecule has 2 unspecified atom stereocenters. The highest BCUT2D eigenvalue weighted by Crippen LogP contribution is 2.35. The first kappa shape index (κ1) is 11.6. The molecule has 0 amide bonds. The maximum atomic E-state index is 12.4. The standard InChI is InChI=1S/C15H16O3/c16-14(10-4-2-1-3-5-10)11-6-12-8-18-9-13(7-11)15(12)17/h1-5,11-13H,6-9H2. The lowest BCUT2D eigenvalue weighted by Gasteiger charge is -2.36. The molecule has 94 valence electrons. The number of ketones is 2. The van der Waals surface area contributed by atoms with Crippen LogP contribution in [0.25, 0.3) is 0 Å². The van der Waals surface area contributed by atoms with Gasteiger partial charge in [-0.2, -0.15) is 0 Å². The van der Waals surface area contributed by atoms with E-state index in [2.05, 4.69) is 0 Å². The van der Waals surface area contributed by atoms with Crippen molar-refractivity contribution in [3.63, 3.8) is 0 Å². The number of hydrogen-bond acceptors (Lipinski definition) is 3. The van der Waals surface area contributed by atoms with Crippen molar-refractivity contribution in [1.82, 2.24) is 0 Å². The lowest BCUT2D eigenvalue weighted by molar-refractivity contribution is -0.142. The number of Topliss-reactive ketones (excluding diaryl/α,β-unsaturated/α-hetero) is 2. The predicted octanol–water partition coefficient (Wildman–Crippen LogP) is 2.11. The van der Waals surface area contributed by atoms with E-state index in [4.69, 9.17) is 4.74 Å². The fourth-order valence-corrected chi connectivity index (χ4v) is 3.05. The molecular weight excluding hydrogens is 228 g/mol. The molecule has 0 spiro atoms. The van der Waals surface area contributed by atoms with E-state index in [9.17, 15) is 9.59 Å². The highest BCUT2D eigenvalue weighted by molar-refractivity contribution is 5.99. The van der Waals surface area contributed by atoms with Crippen molar-refractivity contribution in [2.24, 2.45) is 17.8 Å². The second kappa shape index (κ2) is 4.65. The van der Waals surface area contributed by atoms with E-state index in [1.165, 1.54) is 0 Å². The summed E-state index contributed by atoms with van der Waals surface area (Å²) >= 11 is 0. The van der Waals surface area contributed by atoms with Gasteiger partial charge in [-0.3, -0.25) is 9.59 Å². The van der Waals surface area contributed by atoms with Gasteiger partial charge in [-0.1, -0.05) is 30.3 Å². The molecule has 3 heteroatoms. The summed E-state index contributed by atoms with van der Waals surface area (Å²) in [5, 5.41) is 0. The topological polar surface area (TPSA) is 43.4 Å². The van der Waals surface area contributed by atoms with Crippen LogP contribution in [0.2, 0.25) is 0 Å². The summed E-state index contributed by atoms with van der Waals surface area (Å²) in [6, 6.07) is 9.37. The number of ether oxygens (including phenoxy) is 1. The van der Waals surface area contributed by atoms with Gasteiger partial charge in [0, 0.05) is 23.3 Å². The number of fused-ring (bicyclic) bond motifs is 2. The van der Waals surface area contributed by atoms with Gasteiger partial charge in [0.05, 0.1) is 13.2 Å². The van der Waals surface area contributed by atoms with Crippen molar-refractivity contribution in [2.75, 3.05) is 13.2 Å². The Morgan fingerprint density at radius 3 is 2.28 bits per heavy atom. The maximum Gasteiger partial charge on any atom is 0.165 e. The molecule has 1 heterocycles. The van der Waals surface area contributed by atoms with Crippen molar-refractivity contribution in [3.05, 3.63) is 35.9 Å². The molecule has 1 saturated heterocycles. The molecule has 2 atom stereocenters. The molecule has 1 aliphatic carbocycles. The molecule has 0 aromatic heterocycles. The Kier molecular flexibility index (Phi) is 3.00.